The summed E-state index contributed by atoms with van der Waals surface area (Å²) in [5.41, 5.74) is 3.21. The molecule has 1 aliphatic carbocycles. The number of carbonyl (C=O) groups is 1. The fraction of sp³-hybridized carbons (Fsp3) is 0.400. The molecule has 1 amide bonds. The predicted octanol–water partition coefficient (Wildman–Crippen LogP) is 5.95. The molecule has 0 atom stereocenters. The van der Waals surface area contributed by atoms with Gasteiger partial charge in [0.05, 0.1) is 5.52 Å². The molecule has 0 unspecified atom stereocenters. The summed E-state index contributed by atoms with van der Waals surface area (Å²) in [5.74, 6) is 0.675. The molecule has 1 aromatic heterocycles. The van der Waals surface area contributed by atoms with Gasteiger partial charge in [0.1, 0.15) is 6.61 Å². The number of halogens is 1. The third-order valence-corrected chi connectivity index (χ3v) is 6.64. The number of anilines is 1. The predicted molar refractivity (Wildman–Crippen MR) is 131 cm³/mol. The van der Waals surface area contributed by atoms with Gasteiger partial charge in [-0.05, 0) is 55.4 Å². The second-order valence-electron chi connectivity index (χ2n) is 8.35. The number of aromatic nitrogens is 2. The molecule has 1 aliphatic rings. The Labute approximate surface area is 197 Å². The maximum Gasteiger partial charge on any atom is 0.410 e. The van der Waals surface area contributed by atoms with Crippen LogP contribution in [0.5, 0.6) is 0 Å². The van der Waals surface area contributed by atoms with Gasteiger partial charge >= 0.3 is 6.09 Å². The van der Waals surface area contributed by atoms with E-state index in [1.54, 1.807) is 4.90 Å². The van der Waals surface area contributed by atoms with Crippen molar-refractivity contribution < 1.29 is 9.53 Å². The van der Waals surface area contributed by atoms with E-state index in [9.17, 15) is 4.79 Å². The smallest absolute Gasteiger partial charge is 0.410 e. The number of hydrogen-bond donors (Lipinski definition) is 1. The van der Waals surface area contributed by atoms with Crippen LogP contribution in [0.2, 0.25) is 0 Å². The highest BCUT2D eigenvalue weighted by Crippen LogP contribution is 2.27. The first-order chi connectivity index (χ1) is 15.5. The minimum Gasteiger partial charge on any atom is -0.445 e. The number of amides is 1. The van der Waals surface area contributed by atoms with Crippen LogP contribution in [0.4, 0.5) is 10.7 Å². The zero-order valence-corrected chi connectivity index (χ0v) is 20.1. The maximum absolute atomic E-state index is 12.5. The van der Waals surface area contributed by atoms with Crippen molar-refractivity contribution in [1.29, 1.82) is 0 Å². The van der Waals surface area contributed by atoms with Gasteiger partial charge in [-0.25, -0.2) is 14.8 Å². The lowest BCUT2D eigenvalue weighted by Crippen LogP contribution is -2.41. The van der Waals surface area contributed by atoms with Gasteiger partial charge in [-0.15, -0.1) is 0 Å². The van der Waals surface area contributed by atoms with E-state index in [0.29, 0.717) is 18.6 Å². The van der Waals surface area contributed by atoms with Crippen LogP contribution in [0.3, 0.4) is 0 Å². The van der Waals surface area contributed by atoms with Crippen LogP contribution in [0.25, 0.3) is 10.9 Å². The highest BCUT2D eigenvalue weighted by Gasteiger charge is 2.27. The summed E-state index contributed by atoms with van der Waals surface area (Å²) in [6.07, 6.45) is 6.32. The van der Waals surface area contributed by atoms with E-state index in [2.05, 4.69) is 45.3 Å². The highest BCUT2D eigenvalue weighted by atomic mass is 79.9. The minimum atomic E-state index is -0.263. The van der Waals surface area contributed by atoms with Gasteiger partial charge in [-0.2, -0.15) is 0 Å². The first-order valence-electron chi connectivity index (χ1n) is 11.2. The average molecular weight is 497 g/mol. The first-order valence-corrected chi connectivity index (χ1v) is 12.0. The van der Waals surface area contributed by atoms with Crippen molar-refractivity contribution in [3.05, 3.63) is 64.3 Å². The molecule has 0 bridgehead atoms. The van der Waals surface area contributed by atoms with E-state index < -0.39 is 0 Å². The lowest BCUT2D eigenvalue weighted by atomic mass is 9.90. The van der Waals surface area contributed by atoms with Crippen molar-refractivity contribution in [1.82, 2.24) is 14.9 Å². The number of nitrogens with zero attached hydrogens (tertiary/aromatic N) is 3. The molecule has 3 aromatic rings. The van der Waals surface area contributed by atoms with Crippen molar-refractivity contribution in [2.75, 3.05) is 12.4 Å². The number of rotatable bonds is 6. The molecule has 4 rings (SSSR count). The maximum atomic E-state index is 12.5. The molecule has 0 aliphatic heterocycles. The molecule has 1 saturated carbocycles. The van der Waals surface area contributed by atoms with Crippen molar-refractivity contribution in [3.63, 3.8) is 0 Å². The monoisotopic (exact) mass is 496 g/mol. The number of carbonyl (C=O) groups excluding carboxylic acids is 1. The molecule has 0 saturated heterocycles. The second-order valence-corrected chi connectivity index (χ2v) is 9.27. The number of benzene rings is 2. The topological polar surface area (TPSA) is 67.4 Å². The Balaban J connectivity index is 1.30. The zero-order valence-electron chi connectivity index (χ0n) is 18.6. The van der Waals surface area contributed by atoms with Gasteiger partial charge in [-0.3, -0.25) is 0 Å². The summed E-state index contributed by atoms with van der Waals surface area (Å²) in [6, 6.07) is 14.4. The molecule has 1 fully saturated rings. The summed E-state index contributed by atoms with van der Waals surface area (Å²) in [6.45, 7) is 2.44. The molecule has 32 heavy (non-hydrogen) atoms. The number of hydrogen-bond acceptors (Lipinski definition) is 5. The summed E-state index contributed by atoms with van der Waals surface area (Å²) in [4.78, 5) is 23.5. The molecule has 2 aromatic carbocycles. The highest BCUT2D eigenvalue weighted by molar-refractivity contribution is 9.10. The molecule has 7 heteroatoms. The van der Waals surface area contributed by atoms with Crippen LogP contribution in [0.15, 0.2) is 53.1 Å². The van der Waals surface area contributed by atoms with Crippen molar-refractivity contribution in [2.45, 2.75) is 57.7 Å². The number of ether oxygens (including phenoxy) is 1. The molecule has 0 radical (unpaired) electrons. The molecule has 1 N–H and O–H groups in total. The van der Waals surface area contributed by atoms with Crippen LogP contribution in [-0.2, 0) is 17.8 Å². The minimum absolute atomic E-state index is 0.192. The number of fused-ring (bicyclic) bond motifs is 1. The van der Waals surface area contributed by atoms with Crippen LogP contribution < -0.4 is 5.32 Å². The van der Waals surface area contributed by atoms with E-state index >= 15 is 0 Å². The normalized spacial score (nSPS) is 18.3. The fourth-order valence-corrected chi connectivity index (χ4v) is 4.80. The average Bonchev–Trinajstić information content (AvgIpc) is 2.83. The Morgan fingerprint density at radius 3 is 2.66 bits per heavy atom. The van der Waals surface area contributed by atoms with Gasteiger partial charge in [0.25, 0.3) is 0 Å². The Kier molecular flexibility index (Phi) is 7.25. The van der Waals surface area contributed by atoms with Gasteiger partial charge in [0.15, 0.2) is 0 Å². The van der Waals surface area contributed by atoms with Gasteiger partial charge < -0.3 is 15.0 Å². The Morgan fingerprint density at radius 2 is 1.94 bits per heavy atom. The van der Waals surface area contributed by atoms with Gasteiger partial charge in [0.2, 0.25) is 5.95 Å². The van der Waals surface area contributed by atoms with E-state index in [0.717, 1.165) is 53.0 Å². The largest absolute Gasteiger partial charge is 0.445 e. The molecule has 0 spiro atoms. The van der Waals surface area contributed by atoms with E-state index in [4.69, 9.17) is 9.72 Å². The quantitative estimate of drug-likeness (QED) is 0.456. The van der Waals surface area contributed by atoms with Gasteiger partial charge in [0, 0.05) is 35.2 Å². The van der Waals surface area contributed by atoms with Crippen LogP contribution >= 0.6 is 15.9 Å². The SMILES string of the molecule is CCc1cc(Br)cc2cnc(NC3CCC(N(C)C(=O)OCc4ccccc4)CC3)nc12. The van der Waals surface area contributed by atoms with Gasteiger partial charge in [-0.1, -0.05) is 53.2 Å². The van der Waals surface area contributed by atoms with Crippen molar-refractivity contribution >= 4 is 38.9 Å². The summed E-state index contributed by atoms with van der Waals surface area (Å²) in [7, 11) is 1.84. The van der Waals surface area contributed by atoms with Crippen LogP contribution in [0, 0.1) is 0 Å². The molecule has 6 nitrogen and oxygen atoms in total. The van der Waals surface area contributed by atoms with E-state index in [-0.39, 0.29) is 12.1 Å². The summed E-state index contributed by atoms with van der Waals surface area (Å²) >= 11 is 3.56. The Morgan fingerprint density at radius 1 is 1.19 bits per heavy atom. The molecule has 1 heterocycles. The molecular formula is C25H29BrN4O2. The first kappa shape index (κ1) is 22.5. The summed E-state index contributed by atoms with van der Waals surface area (Å²) < 4.78 is 6.54. The molecular weight excluding hydrogens is 468 g/mol. The number of aryl methyl sites for hydroxylation is 1. The number of nitrogens with one attached hydrogen (secondary N) is 1. The lowest BCUT2D eigenvalue weighted by Gasteiger charge is -2.34. The van der Waals surface area contributed by atoms with Crippen molar-refractivity contribution in [3.8, 4) is 0 Å². The zero-order chi connectivity index (χ0) is 22.5. The van der Waals surface area contributed by atoms with Crippen molar-refractivity contribution in [2.24, 2.45) is 0 Å². The molecule has 168 valence electrons. The lowest BCUT2D eigenvalue weighted by molar-refractivity contribution is 0.0827. The van der Waals surface area contributed by atoms with Crippen LogP contribution in [-0.4, -0.2) is 40.1 Å². The summed E-state index contributed by atoms with van der Waals surface area (Å²) in [5, 5.41) is 4.55. The second kappa shape index (κ2) is 10.3. The Hall–Kier alpha value is -2.67. The van der Waals surface area contributed by atoms with E-state index in [1.807, 2.05) is 43.6 Å². The fourth-order valence-electron chi connectivity index (χ4n) is 4.28. The third-order valence-electron chi connectivity index (χ3n) is 6.18. The van der Waals surface area contributed by atoms with Crippen LogP contribution in [0.1, 0.15) is 43.7 Å². The standard InChI is InChI=1S/C25H29BrN4O2/c1-3-18-13-20(26)14-19-15-27-24(29-23(18)19)28-21-9-11-22(12-10-21)30(2)25(31)32-16-17-7-5-4-6-8-17/h4-8,13-15,21-22H,3,9-12,16H2,1-2H3,(H,27,28,29). The Bertz CT molecular complexity index is 1070. The third kappa shape index (κ3) is 5.38. The van der Waals surface area contributed by atoms with E-state index in [1.165, 1.54) is 5.56 Å².